The third-order valence-electron chi connectivity index (χ3n) is 5.94. The van der Waals surface area contributed by atoms with E-state index in [0.717, 1.165) is 43.4 Å². The minimum absolute atomic E-state index is 0.140. The number of carbonyl (C=O) groups excluding carboxylic acids is 2. The standard InChI is InChI=1S/C24H27ClN2O3/c1-24(2,30-20-11-8-18(25)9-12-20)23(29)26-19-10-7-16-13-14-27(21(16)15-19)22(28)17-5-3-4-6-17/h7-12,15,17H,3-6,13-14H2,1-2H3,(H,26,29). The van der Waals surface area contributed by atoms with Crippen molar-refractivity contribution >= 4 is 34.8 Å². The van der Waals surface area contributed by atoms with E-state index in [9.17, 15) is 9.59 Å². The van der Waals surface area contributed by atoms with Gasteiger partial charge in [-0.3, -0.25) is 9.59 Å². The minimum Gasteiger partial charge on any atom is -0.478 e. The van der Waals surface area contributed by atoms with Crippen LogP contribution in [0.15, 0.2) is 42.5 Å². The van der Waals surface area contributed by atoms with Crippen molar-refractivity contribution in [3.8, 4) is 5.75 Å². The van der Waals surface area contributed by atoms with Gasteiger partial charge in [0.15, 0.2) is 5.60 Å². The molecule has 30 heavy (non-hydrogen) atoms. The van der Waals surface area contributed by atoms with E-state index >= 15 is 0 Å². The molecule has 1 fully saturated rings. The molecule has 1 heterocycles. The number of carbonyl (C=O) groups is 2. The van der Waals surface area contributed by atoms with Crippen LogP contribution in [0.1, 0.15) is 45.1 Å². The number of rotatable bonds is 5. The topological polar surface area (TPSA) is 58.6 Å². The molecule has 0 aromatic heterocycles. The first-order chi connectivity index (χ1) is 14.3. The molecule has 1 aliphatic carbocycles. The number of anilines is 2. The zero-order valence-corrected chi connectivity index (χ0v) is 18.2. The SMILES string of the molecule is CC(C)(Oc1ccc(Cl)cc1)C(=O)Nc1ccc2c(c1)N(C(=O)C1CCCC1)CC2. The summed E-state index contributed by atoms with van der Waals surface area (Å²) >= 11 is 5.91. The van der Waals surface area contributed by atoms with E-state index in [1.54, 1.807) is 38.1 Å². The van der Waals surface area contributed by atoms with E-state index < -0.39 is 5.60 Å². The Morgan fingerprint density at radius 2 is 1.80 bits per heavy atom. The van der Waals surface area contributed by atoms with Gasteiger partial charge in [0.2, 0.25) is 5.91 Å². The van der Waals surface area contributed by atoms with E-state index in [4.69, 9.17) is 16.3 Å². The molecule has 2 aromatic carbocycles. The number of hydrogen-bond acceptors (Lipinski definition) is 3. The summed E-state index contributed by atoms with van der Waals surface area (Å²) in [4.78, 5) is 27.7. The molecular weight excluding hydrogens is 400 g/mol. The largest absolute Gasteiger partial charge is 0.478 e. The number of halogens is 1. The number of ether oxygens (including phenoxy) is 1. The number of fused-ring (bicyclic) bond motifs is 1. The second kappa shape index (κ2) is 8.31. The van der Waals surface area contributed by atoms with Crippen LogP contribution in [0, 0.1) is 5.92 Å². The first-order valence-electron chi connectivity index (χ1n) is 10.5. The first kappa shape index (κ1) is 20.7. The molecule has 2 amide bonds. The molecule has 5 nitrogen and oxygen atoms in total. The average Bonchev–Trinajstić information content (AvgIpc) is 3.39. The minimum atomic E-state index is -1.08. The fraction of sp³-hybridized carbons (Fsp3) is 0.417. The Bertz CT molecular complexity index is 949. The lowest BCUT2D eigenvalue weighted by atomic mass is 10.1. The molecule has 1 aliphatic heterocycles. The molecular formula is C24H27ClN2O3. The van der Waals surface area contributed by atoms with Gasteiger partial charge >= 0.3 is 0 Å². The van der Waals surface area contributed by atoms with Crippen LogP contribution in [0.25, 0.3) is 0 Å². The predicted octanol–water partition coefficient (Wildman–Crippen LogP) is 5.22. The van der Waals surface area contributed by atoms with Crippen LogP contribution in [-0.4, -0.2) is 24.0 Å². The molecule has 4 rings (SSSR count). The van der Waals surface area contributed by atoms with Gasteiger partial charge in [-0.25, -0.2) is 0 Å². The van der Waals surface area contributed by atoms with Gasteiger partial charge in [0.05, 0.1) is 0 Å². The van der Waals surface area contributed by atoms with Crippen molar-refractivity contribution in [2.24, 2.45) is 5.92 Å². The predicted molar refractivity (Wildman–Crippen MR) is 119 cm³/mol. The number of nitrogens with one attached hydrogen (secondary N) is 1. The lowest BCUT2D eigenvalue weighted by molar-refractivity contribution is -0.128. The quantitative estimate of drug-likeness (QED) is 0.713. The molecule has 2 aromatic rings. The van der Waals surface area contributed by atoms with Gasteiger partial charge in [-0.2, -0.15) is 0 Å². The second-order valence-electron chi connectivity index (χ2n) is 8.59. The number of hydrogen-bond donors (Lipinski definition) is 1. The van der Waals surface area contributed by atoms with E-state index in [0.29, 0.717) is 23.0 Å². The average molecular weight is 427 g/mol. The molecule has 0 radical (unpaired) electrons. The van der Waals surface area contributed by atoms with Crippen molar-refractivity contribution in [3.63, 3.8) is 0 Å². The molecule has 158 valence electrons. The molecule has 1 N–H and O–H groups in total. The van der Waals surface area contributed by atoms with Crippen LogP contribution in [0.2, 0.25) is 5.02 Å². The van der Waals surface area contributed by atoms with Crippen LogP contribution in [0.4, 0.5) is 11.4 Å². The van der Waals surface area contributed by atoms with Crippen molar-refractivity contribution in [1.29, 1.82) is 0 Å². The van der Waals surface area contributed by atoms with Gasteiger partial charge in [0, 0.05) is 28.9 Å². The molecule has 1 saturated carbocycles. The van der Waals surface area contributed by atoms with Crippen LogP contribution in [0.5, 0.6) is 5.75 Å². The molecule has 0 spiro atoms. The van der Waals surface area contributed by atoms with Gasteiger partial charge in [-0.1, -0.05) is 30.5 Å². The van der Waals surface area contributed by atoms with Crippen LogP contribution in [-0.2, 0) is 16.0 Å². The zero-order chi connectivity index (χ0) is 21.3. The Hall–Kier alpha value is -2.53. The lowest BCUT2D eigenvalue weighted by Gasteiger charge is -2.26. The van der Waals surface area contributed by atoms with Crippen molar-refractivity contribution in [3.05, 3.63) is 53.1 Å². The van der Waals surface area contributed by atoms with Gasteiger partial charge in [-0.05, 0) is 75.1 Å². The highest BCUT2D eigenvalue weighted by atomic mass is 35.5. The van der Waals surface area contributed by atoms with Crippen molar-refractivity contribution in [1.82, 2.24) is 0 Å². The van der Waals surface area contributed by atoms with Crippen LogP contribution in [0.3, 0.4) is 0 Å². The van der Waals surface area contributed by atoms with Crippen LogP contribution < -0.4 is 15.0 Å². The third-order valence-corrected chi connectivity index (χ3v) is 6.19. The monoisotopic (exact) mass is 426 g/mol. The summed E-state index contributed by atoms with van der Waals surface area (Å²) in [5, 5.41) is 3.56. The molecule has 0 bridgehead atoms. The summed E-state index contributed by atoms with van der Waals surface area (Å²) in [6.45, 7) is 4.16. The summed E-state index contributed by atoms with van der Waals surface area (Å²) in [6.07, 6.45) is 5.09. The van der Waals surface area contributed by atoms with Gasteiger partial charge in [0.1, 0.15) is 5.75 Å². The smallest absolute Gasteiger partial charge is 0.267 e. The molecule has 0 atom stereocenters. The van der Waals surface area contributed by atoms with Gasteiger partial charge in [0.25, 0.3) is 5.91 Å². The van der Waals surface area contributed by atoms with Gasteiger partial charge < -0.3 is 15.0 Å². The Labute approximate surface area is 182 Å². The Balaban J connectivity index is 1.47. The van der Waals surface area contributed by atoms with E-state index in [2.05, 4.69) is 5.32 Å². The Kier molecular flexibility index (Phi) is 5.74. The maximum absolute atomic E-state index is 12.9. The van der Waals surface area contributed by atoms with Crippen molar-refractivity contribution in [2.45, 2.75) is 51.6 Å². The molecule has 2 aliphatic rings. The fourth-order valence-corrected chi connectivity index (χ4v) is 4.33. The van der Waals surface area contributed by atoms with Crippen LogP contribution >= 0.6 is 11.6 Å². The van der Waals surface area contributed by atoms with E-state index in [1.807, 2.05) is 23.1 Å². The normalized spacial score (nSPS) is 16.4. The number of benzene rings is 2. The highest BCUT2D eigenvalue weighted by molar-refractivity contribution is 6.30. The molecule has 6 heteroatoms. The summed E-state index contributed by atoms with van der Waals surface area (Å²) in [6, 6.07) is 12.7. The Morgan fingerprint density at radius 1 is 1.10 bits per heavy atom. The Morgan fingerprint density at radius 3 is 2.50 bits per heavy atom. The lowest BCUT2D eigenvalue weighted by Crippen LogP contribution is -2.42. The summed E-state index contributed by atoms with van der Waals surface area (Å²) in [5.74, 6) is 0.674. The second-order valence-corrected chi connectivity index (χ2v) is 9.02. The number of amides is 2. The highest BCUT2D eigenvalue weighted by Gasteiger charge is 2.33. The molecule has 0 unspecified atom stereocenters. The first-order valence-corrected chi connectivity index (χ1v) is 10.9. The van der Waals surface area contributed by atoms with Crippen molar-refractivity contribution < 1.29 is 14.3 Å². The summed E-state index contributed by atoms with van der Waals surface area (Å²) in [7, 11) is 0. The van der Waals surface area contributed by atoms with E-state index in [1.165, 1.54) is 0 Å². The van der Waals surface area contributed by atoms with E-state index in [-0.39, 0.29) is 17.7 Å². The highest BCUT2D eigenvalue weighted by Crippen LogP contribution is 2.35. The third kappa shape index (κ3) is 4.31. The maximum atomic E-state index is 12.9. The zero-order valence-electron chi connectivity index (χ0n) is 17.4. The molecule has 0 saturated heterocycles. The summed E-state index contributed by atoms with van der Waals surface area (Å²) < 4.78 is 5.88. The number of nitrogens with zero attached hydrogens (tertiary/aromatic N) is 1. The van der Waals surface area contributed by atoms with Crippen molar-refractivity contribution in [2.75, 3.05) is 16.8 Å². The van der Waals surface area contributed by atoms with Gasteiger partial charge in [-0.15, -0.1) is 0 Å². The summed E-state index contributed by atoms with van der Waals surface area (Å²) in [5.41, 5.74) is 1.65. The maximum Gasteiger partial charge on any atom is 0.267 e. The fourth-order valence-electron chi connectivity index (χ4n) is 4.20.